The molecule has 1 aliphatic carbocycles. The maximum atomic E-state index is 12.8. The molecule has 0 bridgehead atoms. The summed E-state index contributed by atoms with van der Waals surface area (Å²) in [7, 11) is 0. The summed E-state index contributed by atoms with van der Waals surface area (Å²) >= 11 is 1.53. The predicted octanol–water partition coefficient (Wildman–Crippen LogP) is 3.36. The number of aryl methyl sites for hydroxylation is 2. The van der Waals surface area contributed by atoms with Crippen LogP contribution in [0.5, 0.6) is 0 Å². The molecule has 1 atom stereocenters. The summed E-state index contributed by atoms with van der Waals surface area (Å²) in [5.41, 5.74) is 5.01. The predicted molar refractivity (Wildman–Crippen MR) is 109 cm³/mol. The smallest absolute Gasteiger partial charge is 0.249 e. The lowest BCUT2D eigenvalue weighted by Crippen LogP contribution is -2.47. The molecule has 4 rings (SSSR count). The van der Waals surface area contributed by atoms with Gasteiger partial charge in [0.25, 0.3) is 0 Å². The number of benzene rings is 2. The Morgan fingerprint density at radius 1 is 1.07 bits per heavy atom. The number of amides is 2. The van der Waals surface area contributed by atoms with E-state index in [4.69, 9.17) is 0 Å². The monoisotopic (exact) mass is 380 g/mol. The number of nitrogens with zero attached hydrogens (tertiary/aromatic N) is 1. The van der Waals surface area contributed by atoms with Crippen LogP contribution in [0.15, 0.2) is 47.4 Å². The Hall–Kier alpha value is -2.27. The van der Waals surface area contributed by atoms with Gasteiger partial charge in [-0.1, -0.05) is 24.3 Å². The fourth-order valence-corrected chi connectivity index (χ4v) is 4.70. The molecule has 0 fully saturated rings. The van der Waals surface area contributed by atoms with Crippen molar-refractivity contribution in [2.45, 2.75) is 43.5 Å². The Morgan fingerprint density at radius 3 is 2.78 bits per heavy atom. The third-order valence-corrected chi connectivity index (χ3v) is 6.33. The van der Waals surface area contributed by atoms with Gasteiger partial charge in [-0.05, 0) is 67.5 Å². The van der Waals surface area contributed by atoms with E-state index in [1.54, 1.807) is 11.8 Å². The van der Waals surface area contributed by atoms with Crippen LogP contribution in [0, 0.1) is 0 Å². The Balaban J connectivity index is 1.31. The molecular weight excluding hydrogens is 356 g/mol. The highest BCUT2D eigenvalue weighted by Gasteiger charge is 2.28. The van der Waals surface area contributed by atoms with Gasteiger partial charge < -0.3 is 10.2 Å². The van der Waals surface area contributed by atoms with Crippen LogP contribution in [0.3, 0.4) is 0 Å². The number of hydrogen-bond donors (Lipinski definition) is 1. The highest BCUT2D eigenvalue weighted by molar-refractivity contribution is 8.00. The molecule has 0 saturated carbocycles. The maximum absolute atomic E-state index is 12.8. The van der Waals surface area contributed by atoms with E-state index in [1.165, 1.54) is 41.3 Å². The van der Waals surface area contributed by atoms with E-state index in [2.05, 4.69) is 29.6 Å². The Labute approximate surface area is 164 Å². The number of hydrogen-bond acceptors (Lipinski definition) is 3. The minimum Gasteiger partial charge on any atom is -0.344 e. The van der Waals surface area contributed by atoms with Gasteiger partial charge in [0.2, 0.25) is 11.8 Å². The molecule has 0 spiro atoms. The summed E-state index contributed by atoms with van der Waals surface area (Å²) in [5.74, 6) is 0.178. The molecule has 2 aliphatic rings. The van der Waals surface area contributed by atoms with E-state index in [-0.39, 0.29) is 11.8 Å². The molecule has 5 heteroatoms. The second kappa shape index (κ2) is 7.77. The second-order valence-electron chi connectivity index (χ2n) is 7.23. The van der Waals surface area contributed by atoms with Crippen LogP contribution in [0.25, 0.3) is 0 Å². The highest BCUT2D eigenvalue weighted by Crippen LogP contribution is 2.29. The molecule has 1 aliphatic heterocycles. The summed E-state index contributed by atoms with van der Waals surface area (Å²) in [6, 6.07) is 13.9. The van der Waals surface area contributed by atoms with Gasteiger partial charge in [-0.2, -0.15) is 0 Å². The normalized spacial score (nSPS) is 16.0. The fourth-order valence-electron chi connectivity index (χ4n) is 3.93. The van der Waals surface area contributed by atoms with Crippen molar-refractivity contribution in [2.24, 2.45) is 0 Å². The van der Waals surface area contributed by atoms with Gasteiger partial charge in [0.15, 0.2) is 0 Å². The van der Waals surface area contributed by atoms with E-state index in [1.807, 2.05) is 18.2 Å². The lowest BCUT2D eigenvalue weighted by molar-refractivity contribution is -0.125. The van der Waals surface area contributed by atoms with Gasteiger partial charge >= 0.3 is 0 Å². The van der Waals surface area contributed by atoms with Crippen molar-refractivity contribution in [3.05, 3.63) is 59.2 Å². The number of para-hydroxylation sites is 1. The number of thioether (sulfide) groups is 1. The Bertz CT molecular complexity index is 880. The quantitative estimate of drug-likeness (QED) is 0.809. The first-order valence-electron chi connectivity index (χ1n) is 9.55. The summed E-state index contributed by atoms with van der Waals surface area (Å²) in [4.78, 5) is 28.0. The molecule has 2 aromatic carbocycles. The van der Waals surface area contributed by atoms with Crippen LogP contribution in [-0.4, -0.2) is 30.2 Å². The molecule has 2 aromatic rings. The van der Waals surface area contributed by atoms with Crippen LogP contribution < -0.4 is 10.2 Å². The van der Waals surface area contributed by atoms with Gasteiger partial charge in [0.1, 0.15) is 6.04 Å². The van der Waals surface area contributed by atoms with Crippen molar-refractivity contribution < 1.29 is 9.59 Å². The SMILES string of the molecule is CC(NC(=O)CSc1ccc2c(c1)CCC2)C(=O)N1CCc2ccccc21. The van der Waals surface area contributed by atoms with Crippen LogP contribution in [0.2, 0.25) is 0 Å². The number of carbonyl (C=O) groups is 2. The van der Waals surface area contributed by atoms with Gasteiger partial charge in [-0.3, -0.25) is 9.59 Å². The molecule has 0 saturated heterocycles. The van der Waals surface area contributed by atoms with E-state index in [0.717, 1.165) is 23.4 Å². The van der Waals surface area contributed by atoms with Crippen molar-refractivity contribution in [3.63, 3.8) is 0 Å². The largest absolute Gasteiger partial charge is 0.344 e. The van der Waals surface area contributed by atoms with Crippen molar-refractivity contribution >= 4 is 29.3 Å². The van der Waals surface area contributed by atoms with Crippen molar-refractivity contribution in [2.75, 3.05) is 17.2 Å². The van der Waals surface area contributed by atoms with Gasteiger partial charge in [0, 0.05) is 17.1 Å². The zero-order valence-corrected chi connectivity index (χ0v) is 16.3. The maximum Gasteiger partial charge on any atom is 0.249 e. The van der Waals surface area contributed by atoms with E-state index < -0.39 is 6.04 Å². The lowest BCUT2D eigenvalue weighted by atomic mass is 10.1. The molecule has 0 aromatic heterocycles. The first-order valence-corrected chi connectivity index (χ1v) is 10.5. The van der Waals surface area contributed by atoms with E-state index in [9.17, 15) is 9.59 Å². The van der Waals surface area contributed by atoms with Gasteiger partial charge in [-0.25, -0.2) is 0 Å². The van der Waals surface area contributed by atoms with Gasteiger partial charge in [0.05, 0.1) is 5.75 Å². The Morgan fingerprint density at radius 2 is 1.89 bits per heavy atom. The number of rotatable bonds is 5. The zero-order valence-electron chi connectivity index (χ0n) is 15.5. The average molecular weight is 381 g/mol. The molecule has 140 valence electrons. The van der Waals surface area contributed by atoms with E-state index >= 15 is 0 Å². The number of nitrogens with one attached hydrogen (secondary N) is 1. The summed E-state index contributed by atoms with van der Waals surface area (Å²) in [6.07, 6.45) is 4.40. The topological polar surface area (TPSA) is 49.4 Å². The number of anilines is 1. The number of fused-ring (bicyclic) bond motifs is 2. The third kappa shape index (κ3) is 3.88. The van der Waals surface area contributed by atoms with Crippen molar-refractivity contribution in [1.82, 2.24) is 5.32 Å². The van der Waals surface area contributed by atoms with Crippen LogP contribution in [0.4, 0.5) is 5.69 Å². The first-order chi connectivity index (χ1) is 13.1. The van der Waals surface area contributed by atoms with E-state index in [0.29, 0.717) is 12.3 Å². The second-order valence-corrected chi connectivity index (χ2v) is 8.28. The molecule has 1 heterocycles. The molecular formula is C22H24N2O2S. The van der Waals surface area contributed by atoms with Crippen molar-refractivity contribution in [1.29, 1.82) is 0 Å². The lowest BCUT2D eigenvalue weighted by Gasteiger charge is -2.22. The van der Waals surface area contributed by atoms with Crippen molar-refractivity contribution in [3.8, 4) is 0 Å². The molecule has 0 radical (unpaired) electrons. The number of carbonyl (C=O) groups excluding carboxylic acids is 2. The molecule has 1 N–H and O–H groups in total. The molecule has 27 heavy (non-hydrogen) atoms. The minimum absolute atomic E-state index is 0.0455. The molecule has 4 nitrogen and oxygen atoms in total. The third-order valence-electron chi connectivity index (χ3n) is 5.34. The standard InChI is InChI=1S/C22H24N2O2S/c1-15(22(26)24-12-11-17-5-2-3-8-20(17)24)23-21(25)14-27-19-10-9-16-6-4-7-18(16)13-19/h2-3,5,8-10,13,15H,4,6-7,11-12,14H2,1H3,(H,23,25). The molecule has 1 unspecified atom stereocenters. The highest BCUT2D eigenvalue weighted by atomic mass is 32.2. The first kappa shape index (κ1) is 18.1. The van der Waals surface area contributed by atoms with Crippen LogP contribution >= 0.6 is 11.8 Å². The summed E-state index contributed by atoms with van der Waals surface area (Å²) in [5, 5.41) is 2.86. The Kier molecular flexibility index (Phi) is 5.21. The van der Waals surface area contributed by atoms with Crippen LogP contribution in [-0.2, 0) is 28.9 Å². The van der Waals surface area contributed by atoms with Gasteiger partial charge in [-0.15, -0.1) is 11.8 Å². The average Bonchev–Trinajstić information content (AvgIpc) is 3.32. The van der Waals surface area contributed by atoms with Crippen LogP contribution in [0.1, 0.15) is 30.0 Å². The zero-order chi connectivity index (χ0) is 18.8. The summed E-state index contributed by atoms with van der Waals surface area (Å²) in [6.45, 7) is 2.45. The summed E-state index contributed by atoms with van der Waals surface area (Å²) < 4.78 is 0. The molecule has 2 amide bonds. The fraction of sp³-hybridized carbons (Fsp3) is 0.364. The minimum atomic E-state index is -0.524.